The molecular weight excluding hydrogens is 418 g/mol. The van der Waals surface area contributed by atoms with Gasteiger partial charge in [0.15, 0.2) is 11.8 Å². The maximum atomic E-state index is 15.1. The molecule has 2 N–H and O–H groups in total. The molecule has 0 saturated heterocycles. The van der Waals surface area contributed by atoms with E-state index in [1.54, 1.807) is 0 Å². The Morgan fingerprint density at radius 3 is 2.72 bits per heavy atom. The smallest absolute Gasteiger partial charge is 0.255 e. The molecule has 0 unspecified atom stereocenters. The molecule has 1 aromatic heterocycles. The first-order chi connectivity index (χ1) is 15.3. The number of nitrogens with zero attached hydrogens (tertiary/aromatic N) is 3. The fourth-order valence-corrected chi connectivity index (χ4v) is 3.93. The molecule has 2 aromatic rings. The van der Waals surface area contributed by atoms with Gasteiger partial charge in [0.2, 0.25) is 5.91 Å². The van der Waals surface area contributed by atoms with Crippen molar-refractivity contribution in [2.75, 3.05) is 13.7 Å². The predicted molar refractivity (Wildman–Crippen MR) is 114 cm³/mol. The van der Waals surface area contributed by atoms with Gasteiger partial charge in [-0.3, -0.25) is 9.69 Å². The number of aromatic nitrogens is 1. The highest BCUT2D eigenvalue weighted by molar-refractivity contribution is 5.98. The summed E-state index contributed by atoms with van der Waals surface area (Å²) in [5, 5.41) is 0. The van der Waals surface area contributed by atoms with Gasteiger partial charge in [0.1, 0.15) is 17.1 Å². The van der Waals surface area contributed by atoms with Crippen molar-refractivity contribution in [2.45, 2.75) is 44.2 Å². The van der Waals surface area contributed by atoms with Crippen molar-refractivity contribution in [3.63, 3.8) is 0 Å². The minimum absolute atomic E-state index is 0.00293. The van der Waals surface area contributed by atoms with E-state index in [2.05, 4.69) is 9.98 Å². The summed E-state index contributed by atoms with van der Waals surface area (Å²) < 4.78 is 40.8. The van der Waals surface area contributed by atoms with Crippen molar-refractivity contribution in [1.82, 2.24) is 9.88 Å². The van der Waals surface area contributed by atoms with Gasteiger partial charge in [-0.05, 0) is 55.5 Å². The van der Waals surface area contributed by atoms with Gasteiger partial charge in [0.05, 0.1) is 19.1 Å². The van der Waals surface area contributed by atoms with Crippen LogP contribution in [0.25, 0.3) is 0 Å². The Morgan fingerprint density at radius 2 is 2.06 bits per heavy atom. The van der Waals surface area contributed by atoms with E-state index in [0.29, 0.717) is 5.92 Å². The lowest BCUT2D eigenvalue weighted by Crippen LogP contribution is -2.50. The number of benzene rings is 1. The summed E-state index contributed by atoms with van der Waals surface area (Å²) >= 11 is 0. The van der Waals surface area contributed by atoms with Crippen LogP contribution in [0.1, 0.15) is 38.2 Å². The highest BCUT2D eigenvalue weighted by atomic mass is 19.1. The minimum atomic E-state index is -1.36. The van der Waals surface area contributed by atoms with Gasteiger partial charge in [-0.25, -0.2) is 18.8 Å². The normalized spacial score (nSPS) is 21.9. The molecule has 1 amide bonds. The number of hydrogen-bond acceptors (Lipinski definition) is 6. The van der Waals surface area contributed by atoms with Crippen LogP contribution in [0, 0.1) is 17.6 Å². The molecule has 1 fully saturated rings. The molecule has 1 aliphatic heterocycles. The van der Waals surface area contributed by atoms with Crippen LogP contribution in [0.15, 0.2) is 41.5 Å². The van der Waals surface area contributed by atoms with Crippen LogP contribution in [-0.2, 0) is 15.1 Å². The zero-order valence-corrected chi connectivity index (χ0v) is 18.1. The Labute approximate surface area is 185 Å². The van der Waals surface area contributed by atoms with Crippen molar-refractivity contribution in [2.24, 2.45) is 16.6 Å². The molecule has 2 atom stereocenters. The van der Waals surface area contributed by atoms with Crippen LogP contribution >= 0.6 is 0 Å². The summed E-state index contributed by atoms with van der Waals surface area (Å²) in [5.74, 6) is -1.18. The van der Waals surface area contributed by atoms with Crippen LogP contribution in [0.2, 0.25) is 0 Å². The van der Waals surface area contributed by atoms with Gasteiger partial charge in [-0.1, -0.05) is 6.92 Å². The zero-order valence-electron chi connectivity index (χ0n) is 18.1. The number of nitrogens with two attached hydrogens (primary N) is 1. The third-order valence-corrected chi connectivity index (χ3v) is 5.95. The SMILES string of the molecule is CC[C@@H](OC[C@@]1(c2cc(Oc3ncccc3F)ccc2F)CC(=O)N(C)C(N)=N1)C1CC1. The first-order valence-electron chi connectivity index (χ1n) is 10.6. The molecule has 0 radical (unpaired) electrons. The third kappa shape index (κ3) is 4.43. The number of carbonyl (C=O) groups excluding carboxylic acids is 1. The fourth-order valence-electron chi connectivity index (χ4n) is 3.93. The second-order valence-electron chi connectivity index (χ2n) is 8.26. The van der Waals surface area contributed by atoms with E-state index in [-0.39, 0.29) is 48.2 Å². The average molecular weight is 444 g/mol. The molecule has 32 heavy (non-hydrogen) atoms. The van der Waals surface area contributed by atoms with E-state index >= 15 is 4.39 Å². The predicted octanol–water partition coefficient (Wildman–Crippen LogP) is 3.73. The van der Waals surface area contributed by atoms with Gasteiger partial charge in [0.25, 0.3) is 5.88 Å². The Morgan fingerprint density at radius 1 is 1.28 bits per heavy atom. The van der Waals surface area contributed by atoms with Crippen LogP contribution in [0.5, 0.6) is 11.6 Å². The van der Waals surface area contributed by atoms with Crippen LogP contribution in [0.4, 0.5) is 8.78 Å². The zero-order chi connectivity index (χ0) is 22.9. The van der Waals surface area contributed by atoms with E-state index in [4.69, 9.17) is 15.2 Å². The highest BCUT2D eigenvalue weighted by Gasteiger charge is 2.44. The number of guanidine groups is 1. The second-order valence-corrected chi connectivity index (χ2v) is 8.26. The van der Waals surface area contributed by atoms with Crippen molar-refractivity contribution in [1.29, 1.82) is 0 Å². The molecule has 9 heteroatoms. The molecule has 1 saturated carbocycles. The highest BCUT2D eigenvalue weighted by Crippen LogP contribution is 2.41. The number of pyridine rings is 1. The number of rotatable bonds is 8. The molecule has 1 aliphatic carbocycles. The van der Waals surface area contributed by atoms with E-state index in [1.165, 1.54) is 48.5 Å². The van der Waals surface area contributed by atoms with E-state index in [0.717, 1.165) is 19.3 Å². The van der Waals surface area contributed by atoms with Crippen LogP contribution in [-0.4, -0.2) is 41.5 Å². The maximum absolute atomic E-state index is 15.1. The minimum Gasteiger partial charge on any atom is -0.436 e. The summed E-state index contributed by atoms with van der Waals surface area (Å²) in [7, 11) is 1.52. The summed E-state index contributed by atoms with van der Waals surface area (Å²) in [6, 6.07) is 6.62. The number of carbonyl (C=O) groups is 1. The van der Waals surface area contributed by atoms with Crippen molar-refractivity contribution in [3.8, 4) is 11.6 Å². The Kier molecular flexibility index (Phi) is 6.10. The first kappa shape index (κ1) is 22.1. The monoisotopic (exact) mass is 444 g/mol. The van der Waals surface area contributed by atoms with E-state index < -0.39 is 17.2 Å². The van der Waals surface area contributed by atoms with E-state index in [1.807, 2.05) is 6.92 Å². The Hall–Kier alpha value is -3.07. The summed E-state index contributed by atoms with van der Waals surface area (Å²) in [6.45, 7) is 2.02. The lowest BCUT2D eigenvalue weighted by atomic mass is 9.85. The average Bonchev–Trinajstić information content (AvgIpc) is 3.61. The van der Waals surface area contributed by atoms with Crippen molar-refractivity contribution >= 4 is 11.9 Å². The maximum Gasteiger partial charge on any atom is 0.255 e. The van der Waals surface area contributed by atoms with Crippen molar-refractivity contribution in [3.05, 3.63) is 53.7 Å². The summed E-state index contributed by atoms with van der Waals surface area (Å²) in [5.41, 5.74) is 4.75. The number of ether oxygens (including phenoxy) is 2. The van der Waals surface area contributed by atoms with Gasteiger partial charge < -0.3 is 15.2 Å². The van der Waals surface area contributed by atoms with Crippen LogP contribution < -0.4 is 10.5 Å². The lowest BCUT2D eigenvalue weighted by Gasteiger charge is -2.37. The van der Waals surface area contributed by atoms with Crippen LogP contribution in [0.3, 0.4) is 0 Å². The number of hydrogen-bond donors (Lipinski definition) is 1. The summed E-state index contributed by atoms with van der Waals surface area (Å²) in [6.07, 6.45) is 4.25. The molecule has 1 aromatic carbocycles. The lowest BCUT2D eigenvalue weighted by molar-refractivity contribution is -0.130. The van der Waals surface area contributed by atoms with E-state index in [9.17, 15) is 9.18 Å². The largest absolute Gasteiger partial charge is 0.436 e. The van der Waals surface area contributed by atoms with Gasteiger partial charge >= 0.3 is 0 Å². The number of aliphatic imine (C=N–C) groups is 1. The molecule has 4 rings (SSSR count). The molecule has 7 nitrogen and oxygen atoms in total. The Balaban J connectivity index is 1.72. The Bertz CT molecular complexity index is 1040. The molecule has 2 aliphatic rings. The molecule has 0 spiro atoms. The molecule has 0 bridgehead atoms. The number of amides is 1. The van der Waals surface area contributed by atoms with Gasteiger partial charge in [0, 0.05) is 18.8 Å². The van der Waals surface area contributed by atoms with Gasteiger partial charge in [-0.15, -0.1) is 0 Å². The topological polar surface area (TPSA) is 90.0 Å². The van der Waals surface area contributed by atoms with Gasteiger partial charge in [-0.2, -0.15) is 0 Å². The molecule has 2 heterocycles. The quantitative estimate of drug-likeness (QED) is 0.670. The summed E-state index contributed by atoms with van der Waals surface area (Å²) in [4.78, 5) is 22.3. The second kappa shape index (κ2) is 8.82. The standard InChI is InChI=1S/C23H26F2N4O3/c1-3-19(14-6-7-14)31-13-23(12-20(30)29(2)22(26)28-23)16-11-15(8-9-17(16)24)32-21-18(25)5-4-10-27-21/h4-5,8-11,14,19H,3,6-7,12-13H2,1-2H3,(H2,26,28)/t19-,23-/m1/s1. The molecular formula is C23H26F2N4O3. The first-order valence-corrected chi connectivity index (χ1v) is 10.6. The fraction of sp³-hybridized carbons (Fsp3) is 0.435. The third-order valence-electron chi connectivity index (χ3n) is 5.95. The van der Waals surface area contributed by atoms with Crippen molar-refractivity contribution < 1.29 is 23.0 Å². The molecule has 170 valence electrons. The number of halogens is 2.